The van der Waals surface area contributed by atoms with Gasteiger partial charge in [-0.2, -0.15) is 0 Å². The number of hydrogen-bond donors (Lipinski definition) is 2. The zero-order chi connectivity index (χ0) is 20.9. The lowest BCUT2D eigenvalue weighted by atomic mass is 9.69. The smallest absolute Gasteiger partial charge is 0.312 e. The zero-order valence-electron chi connectivity index (χ0n) is 17.6. The number of carbonyl (C=O) groups is 2. The quantitative estimate of drug-likeness (QED) is 0.772. The SMILES string of the molecule is COC(=O)C(C)(C)C(c1ccc2c(c1)C(=O)CC2)c1ccc2c(c1C)NNN2C. The van der Waals surface area contributed by atoms with E-state index in [1.165, 1.54) is 7.11 Å². The molecule has 0 spiro atoms. The lowest BCUT2D eigenvalue weighted by Crippen LogP contribution is -2.34. The predicted octanol–water partition coefficient (Wildman–Crippen LogP) is 3.74. The highest BCUT2D eigenvalue weighted by atomic mass is 16.5. The van der Waals surface area contributed by atoms with Gasteiger partial charge in [-0.3, -0.25) is 14.6 Å². The number of nitrogens with one attached hydrogen (secondary N) is 2. The number of esters is 1. The molecule has 0 saturated carbocycles. The summed E-state index contributed by atoms with van der Waals surface area (Å²) in [6, 6.07) is 10.2. The fourth-order valence-corrected chi connectivity index (χ4v) is 4.66. The molecule has 2 aromatic carbocycles. The van der Waals surface area contributed by atoms with Crippen molar-refractivity contribution in [3.63, 3.8) is 0 Å². The summed E-state index contributed by atoms with van der Waals surface area (Å²) in [7, 11) is 3.36. The summed E-state index contributed by atoms with van der Waals surface area (Å²) < 4.78 is 5.16. The van der Waals surface area contributed by atoms with E-state index in [1.807, 2.05) is 44.1 Å². The average molecular weight is 393 g/mol. The van der Waals surface area contributed by atoms with Gasteiger partial charge in [0.2, 0.25) is 0 Å². The number of methoxy groups -OCH3 is 1. The van der Waals surface area contributed by atoms with Crippen LogP contribution in [-0.2, 0) is 16.0 Å². The molecule has 2 aromatic rings. The Balaban J connectivity index is 1.91. The molecule has 4 rings (SSSR count). The largest absolute Gasteiger partial charge is 0.469 e. The van der Waals surface area contributed by atoms with Crippen LogP contribution in [0.15, 0.2) is 30.3 Å². The minimum Gasteiger partial charge on any atom is -0.469 e. The highest BCUT2D eigenvalue weighted by Gasteiger charge is 2.41. The van der Waals surface area contributed by atoms with E-state index in [9.17, 15) is 9.59 Å². The topological polar surface area (TPSA) is 70.7 Å². The Morgan fingerprint density at radius 2 is 1.97 bits per heavy atom. The Morgan fingerprint density at radius 1 is 1.21 bits per heavy atom. The summed E-state index contributed by atoms with van der Waals surface area (Å²) in [6.45, 7) is 5.87. The Kier molecular flexibility index (Phi) is 4.62. The fraction of sp³-hybridized carbons (Fsp3) is 0.391. The molecular formula is C23H27N3O3. The number of anilines is 2. The summed E-state index contributed by atoms with van der Waals surface area (Å²) >= 11 is 0. The lowest BCUT2D eigenvalue weighted by molar-refractivity contribution is -0.151. The molecular weight excluding hydrogens is 366 g/mol. The number of fused-ring (bicyclic) bond motifs is 2. The number of ketones is 1. The maximum atomic E-state index is 12.8. The van der Waals surface area contributed by atoms with Gasteiger partial charge in [0.05, 0.1) is 23.9 Å². The maximum Gasteiger partial charge on any atom is 0.312 e. The summed E-state index contributed by atoms with van der Waals surface area (Å²) in [5.74, 6) is -0.362. The minimum atomic E-state index is -0.818. The van der Waals surface area contributed by atoms with Crippen molar-refractivity contribution >= 4 is 23.1 Å². The fourth-order valence-electron chi connectivity index (χ4n) is 4.66. The Bertz CT molecular complexity index is 1010. The van der Waals surface area contributed by atoms with Crippen LogP contribution in [0.2, 0.25) is 0 Å². The number of benzene rings is 2. The van der Waals surface area contributed by atoms with Crippen LogP contribution in [0.1, 0.15) is 58.8 Å². The van der Waals surface area contributed by atoms with E-state index in [0.29, 0.717) is 6.42 Å². The predicted molar refractivity (Wildman–Crippen MR) is 113 cm³/mol. The molecule has 0 radical (unpaired) electrons. The number of rotatable bonds is 4. The van der Waals surface area contributed by atoms with Gasteiger partial charge >= 0.3 is 5.97 Å². The average Bonchev–Trinajstić information content (AvgIpc) is 3.26. The molecule has 152 valence electrons. The van der Waals surface area contributed by atoms with Crippen LogP contribution in [0.25, 0.3) is 0 Å². The van der Waals surface area contributed by atoms with Crippen LogP contribution in [0.4, 0.5) is 11.4 Å². The van der Waals surface area contributed by atoms with Crippen molar-refractivity contribution in [1.29, 1.82) is 0 Å². The van der Waals surface area contributed by atoms with E-state index in [-0.39, 0.29) is 17.7 Å². The third-order valence-electron chi connectivity index (χ3n) is 6.33. The number of hydrogen-bond acceptors (Lipinski definition) is 6. The van der Waals surface area contributed by atoms with Gasteiger partial charge < -0.3 is 10.2 Å². The van der Waals surface area contributed by atoms with Gasteiger partial charge in [0.1, 0.15) is 0 Å². The number of Topliss-reactive ketones (excluding diaryl/α,β-unsaturated/α-hetero) is 1. The molecule has 0 amide bonds. The molecule has 1 aliphatic heterocycles. The first kappa shape index (κ1) is 19.5. The molecule has 0 saturated heterocycles. The Hall–Kier alpha value is -2.86. The molecule has 0 bridgehead atoms. The van der Waals surface area contributed by atoms with Crippen molar-refractivity contribution in [1.82, 2.24) is 5.53 Å². The first-order valence-electron chi connectivity index (χ1n) is 9.89. The van der Waals surface area contributed by atoms with Gasteiger partial charge in [0, 0.05) is 24.9 Å². The van der Waals surface area contributed by atoms with Crippen LogP contribution in [0.3, 0.4) is 0 Å². The molecule has 1 unspecified atom stereocenters. The van der Waals surface area contributed by atoms with Gasteiger partial charge in [-0.15, -0.1) is 5.53 Å². The second kappa shape index (κ2) is 6.88. The van der Waals surface area contributed by atoms with E-state index in [4.69, 9.17) is 4.74 Å². The van der Waals surface area contributed by atoms with E-state index in [0.717, 1.165) is 45.6 Å². The van der Waals surface area contributed by atoms with Crippen molar-refractivity contribution in [2.45, 2.75) is 39.5 Å². The number of aryl methyl sites for hydroxylation is 1. The van der Waals surface area contributed by atoms with Crippen LogP contribution in [-0.4, -0.2) is 25.9 Å². The number of hydrazine groups is 2. The van der Waals surface area contributed by atoms with Crippen molar-refractivity contribution in [2.24, 2.45) is 5.41 Å². The molecule has 1 heterocycles. The van der Waals surface area contributed by atoms with Crippen molar-refractivity contribution in [3.05, 3.63) is 58.1 Å². The molecule has 6 nitrogen and oxygen atoms in total. The van der Waals surface area contributed by atoms with E-state index in [2.05, 4.69) is 30.0 Å². The highest BCUT2D eigenvalue weighted by Crippen LogP contribution is 2.47. The maximum absolute atomic E-state index is 12.8. The van der Waals surface area contributed by atoms with Gasteiger partial charge in [-0.05, 0) is 61.6 Å². The number of ether oxygens (including phenoxy) is 1. The highest BCUT2D eigenvalue weighted by molar-refractivity contribution is 6.00. The molecule has 1 atom stereocenters. The second-order valence-corrected chi connectivity index (χ2v) is 8.46. The van der Waals surface area contributed by atoms with Crippen LogP contribution < -0.4 is 16.0 Å². The lowest BCUT2D eigenvalue weighted by Gasteiger charge is -2.34. The van der Waals surface area contributed by atoms with Crippen LogP contribution >= 0.6 is 0 Å². The summed E-state index contributed by atoms with van der Waals surface area (Å²) in [6.07, 6.45) is 1.35. The van der Waals surface area contributed by atoms with Gasteiger partial charge in [-0.1, -0.05) is 18.2 Å². The molecule has 29 heavy (non-hydrogen) atoms. The normalized spacial score (nSPS) is 16.3. The molecule has 2 aliphatic rings. The van der Waals surface area contributed by atoms with Gasteiger partial charge in [0.15, 0.2) is 5.78 Å². The molecule has 0 fully saturated rings. The third kappa shape index (κ3) is 2.99. The van der Waals surface area contributed by atoms with E-state index < -0.39 is 5.41 Å². The van der Waals surface area contributed by atoms with Crippen LogP contribution in [0, 0.1) is 12.3 Å². The van der Waals surface area contributed by atoms with Gasteiger partial charge in [-0.25, -0.2) is 0 Å². The summed E-state index contributed by atoms with van der Waals surface area (Å²) in [4.78, 5) is 25.1. The summed E-state index contributed by atoms with van der Waals surface area (Å²) in [5, 5.41) is 1.92. The first-order valence-corrected chi connectivity index (χ1v) is 9.89. The van der Waals surface area contributed by atoms with Crippen molar-refractivity contribution in [3.8, 4) is 0 Å². The molecule has 1 aliphatic carbocycles. The molecule has 2 N–H and O–H groups in total. The number of nitrogens with zero attached hydrogens (tertiary/aromatic N) is 1. The van der Waals surface area contributed by atoms with E-state index in [1.54, 1.807) is 0 Å². The van der Waals surface area contributed by atoms with Gasteiger partial charge in [0.25, 0.3) is 0 Å². The summed E-state index contributed by atoms with van der Waals surface area (Å²) in [5.41, 5.74) is 12.5. The zero-order valence-corrected chi connectivity index (χ0v) is 17.6. The minimum absolute atomic E-state index is 0.176. The second-order valence-electron chi connectivity index (χ2n) is 8.46. The first-order chi connectivity index (χ1) is 13.8. The molecule has 6 heteroatoms. The Labute approximate surface area is 171 Å². The Morgan fingerprint density at radius 3 is 2.69 bits per heavy atom. The van der Waals surface area contributed by atoms with E-state index >= 15 is 0 Å². The number of carbonyl (C=O) groups excluding carboxylic acids is 2. The standard InChI is InChI=1S/C23H27N3O3/c1-13-16(9-10-18-21(13)24-25-26(18)4)20(23(2,3)22(28)29-5)15-7-6-14-8-11-19(27)17(14)12-15/h6-7,9-10,12,20,24-25H,8,11H2,1-5H3. The van der Waals surface area contributed by atoms with Crippen LogP contribution in [0.5, 0.6) is 0 Å². The van der Waals surface area contributed by atoms with Crippen molar-refractivity contribution < 1.29 is 14.3 Å². The van der Waals surface area contributed by atoms with Crippen molar-refractivity contribution in [2.75, 3.05) is 24.6 Å². The third-order valence-corrected chi connectivity index (χ3v) is 6.33. The monoisotopic (exact) mass is 393 g/mol. The molecule has 0 aromatic heterocycles.